The van der Waals surface area contributed by atoms with E-state index in [1.165, 1.54) is 11.3 Å². The van der Waals surface area contributed by atoms with Crippen molar-refractivity contribution in [1.29, 1.82) is 0 Å². The summed E-state index contributed by atoms with van der Waals surface area (Å²) in [6.45, 7) is 0.628. The molecule has 1 amide bonds. The quantitative estimate of drug-likeness (QED) is 0.739. The van der Waals surface area contributed by atoms with Crippen LogP contribution < -0.4 is 4.90 Å². The van der Waals surface area contributed by atoms with Crippen molar-refractivity contribution in [3.63, 3.8) is 0 Å². The number of aryl methyl sites for hydroxylation is 1. The fourth-order valence-corrected chi connectivity index (χ4v) is 5.24. The van der Waals surface area contributed by atoms with Gasteiger partial charge in [-0.25, -0.2) is 0 Å². The predicted octanol–water partition coefficient (Wildman–Crippen LogP) is 4.57. The van der Waals surface area contributed by atoms with Crippen LogP contribution in [0.3, 0.4) is 0 Å². The van der Waals surface area contributed by atoms with Crippen LogP contribution in [0.15, 0.2) is 31.8 Å². The summed E-state index contributed by atoms with van der Waals surface area (Å²) in [5, 5.41) is 10.1. The van der Waals surface area contributed by atoms with E-state index >= 15 is 0 Å². The SMILES string of the molecule is O=C(c1cc(Br)sc1Br)N1CCCc2cccc(O)c21. The van der Waals surface area contributed by atoms with E-state index in [4.69, 9.17) is 0 Å². The molecule has 0 unspecified atom stereocenters. The first-order valence-electron chi connectivity index (χ1n) is 6.15. The van der Waals surface area contributed by atoms with Gasteiger partial charge in [0.15, 0.2) is 0 Å². The number of hydrogen-bond donors (Lipinski definition) is 1. The normalized spacial score (nSPS) is 14.2. The lowest BCUT2D eigenvalue weighted by Gasteiger charge is -2.30. The lowest BCUT2D eigenvalue weighted by atomic mass is 10.0. The van der Waals surface area contributed by atoms with E-state index in [1.807, 2.05) is 18.2 Å². The number of fused-ring (bicyclic) bond motifs is 1. The van der Waals surface area contributed by atoms with Crippen molar-refractivity contribution in [3.05, 3.63) is 43.0 Å². The van der Waals surface area contributed by atoms with Crippen LogP contribution >= 0.6 is 43.2 Å². The number of phenols is 1. The average Bonchev–Trinajstić information content (AvgIpc) is 2.77. The summed E-state index contributed by atoms with van der Waals surface area (Å²) in [6.07, 6.45) is 1.80. The Morgan fingerprint density at radius 1 is 1.35 bits per heavy atom. The molecule has 1 N–H and O–H groups in total. The Balaban J connectivity index is 2.05. The number of rotatable bonds is 1. The Hall–Kier alpha value is -0.850. The van der Waals surface area contributed by atoms with Crippen molar-refractivity contribution in [2.45, 2.75) is 12.8 Å². The van der Waals surface area contributed by atoms with Gasteiger partial charge >= 0.3 is 0 Å². The molecular formula is C14H11Br2NO2S. The highest BCUT2D eigenvalue weighted by atomic mass is 79.9. The van der Waals surface area contributed by atoms with Gasteiger partial charge in [-0.1, -0.05) is 12.1 Å². The van der Waals surface area contributed by atoms with Crippen molar-refractivity contribution < 1.29 is 9.90 Å². The fourth-order valence-electron chi connectivity index (χ4n) is 2.47. The molecule has 0 atom stereocenters. The molecule has 2 heterocycles. The molecule has 0 spiro atoms. The van der Waals surface area contributed by atoms with Crippen LogP contribution in [-0.4, -0.2) is 17.6 Å². The minimum absolute atomic E-state index is 0.0822. The maximum absolute atomic E-state index is 12.7. The summed E-state index contributed by atoms with van der Waals surface area (Å²) in [5.74, 6) is 0.0854. The van der Waals surface area contributed by atoms with Crippen LogP contribution in [0.4, 0.5) is 5.69 Å². The van der Waals surface area contributed by atoms with Crippen LogP contribution in [0, 0.1) is 0 Å². The summed E-state index contributed by atoms with van der Waals surface area (Å²) in [6, 6.07) is 7.22. The largest absolute Gasteiger partial charge is 0.506 e. The second-order valence-electron chi connectivity index (χ2n) is 4.58. The Labute approximate surface area is 137 Å². The Bertz CT molecular complexity index is 684. The van der Waals surface area contributed by atoms with Gasteiger partial charge in [0.05, 0.1) is 18.8 Å². The summed E-state index contributed by atoms with van der Waals surface area (Å²) >= 11 is 8.28. The Kier molecular flexibility index (Phi) is 3.88. The molecule has 0 aliphatic carbocycles. The molecule has 2 aromatic rings. The van der Waals surface area contributed by atoms with E-state index in [2.05, 4.69) is 31.9 Å². The number of anilines is 1. The third-order valence-corrected chi connectivity index (χ3v) is 5.67. The van der Waals surface area contributed by atoms with E-state index in [0.29, 0.717) is 17.8 Å². The molecule has 0 saturated heterocycles. The zero-order valence-corrected chi connectivity index (χ0v) is 14.4. The predicted molar refractivity (Wildman–Crippen MR) is 87.8 cm³/mol. The van der Waals surface area contributed by atoms with E-state index in [1.54, 1.807) is 11.0 Å². The summed E-state index contributed by atoms with van der Waals surface area (Å²) < 4.78 is 1.71. The van der Waals surface area contributed by atoms with Crippen LogP contribution in [0.5, 0.6) is 5.75 Å². The highest BCUT2D eigenvalue weighted by Crippen LogP contribution is 2.38. The zero-order chi connectivity index (χ0) is 14.3. The van der Waals surface area contributed by atoms with Crippen LogP contribution in [0.25, 0.3) is 0 Å². The van der Waals surface area contributed by atoms with E-state index < -0.39 is 0 Å². The molecule has 1 aromatic heterocycles. The molecular weight excluding hydrogens is 406 g/mol. The average molecular weight is 417 g/mol. The van der Waals surface area contributed by atoms with Crippen molar-refractivity contribution >= 4 is 54.8 Å². The van der Waals surface area contributed by atoms with E-state index in [0.717, 1.165) is 26.0 Å². The van der Waals surface area contributed by atoms with Gasteiger partial charge in [-0.05, 0) is 62.4 Å². The summed E-state index contributed by atoms with van der Waals surface area (Å²) in [7, 11) is 0. The topological polar surface area (TPSA) is 40.5 Å². The van der Waals surface area contributed by atoms with Gasteiger partial charge in [-0.15, -0.1) is 11.3 Å². The number of thiophene rings is 1. The van der Waals surface area contributed by atoms with Crippen LogP contribution in [0.1, 0.15) is 22.3 Å². The lowest BCUT2D eigenvalue weighted by molar-refractivity contribution is 0.0984. The third-order valence-electron chi connectivity index (χ3n) is 3.33. The minimum Gasteiger partial charge on any atom is -0.506 e. The van der Waals surface area contributed by atoms with Crippen LogP contribution in [-0.2, 0) is 6.42 Å². The number of para-hydroxylation sites is 1. The fraction of sp³-hybridized carbons (Fsp3) is 0.214. The molecule has 3 rings (SSSR count). The van der Waals surface area contributed by atoms with Crippen molar-refractivity contribution in [2.24, 2.45) is 0 Å². The van der Waals surface area contributed by atoms with Gasteiger partial charge in [-0.2, -0.15) is 0 Å². The molecule has 0 radical (unpaired) electrons. The molecule has 1 aliphatic heterocycles. The number of benzene rings is 1. The number of aromatic hydroxyl groups is 1. The molecule has 104 valence electrons. The number of phenolic OH excluding ortho intramolecular Hbond substituents is 1. The number of hydrogen-bond acceptors (Lipinski definition) is 3. The zero-order valence-electron chi connectivity index (χ0n) is 10.4. The van der Waals surface area contributed by atoms with Crippen molar-refractivity contribution in [1.82, 2.24) is 0 Å². The van der Waals surface area contributed by atoms with E-state index in [-0.39, 0.29) is 11.7 Å². The number of nitrogens with zero attached hydrogens (tertiary/aromatic N) is 1. The molecule has 20 heavy (non-hydrogen) atoms. The third kappa shape index (κ3) is 2.40. The van der Waals surface area contributed by atoms with Gasteiger partial charge in [0.2, 0.25) is 0 Å². The first-order chi connectivity index (χ1) is 9.58. The second-order valence-corrected chi connectivity index (χ2v) is 8.33. The standard InChI is InChI=1S/C14H11Br2NO2S/c15-11-7-9(13(16)20-11)14(19)17-6-2-4-8-3-1-5-10(18)12(8)17/h1,3,5,7,18H,2,4,6H2. The van der Waals surface area contributed by atoms with Gasteiger partial charge < -0.3 is 10.0 Å². The van der Waals surface area contributed by atoms with Crippen molar-refractivity contribution in [3.8, 4) is 5.75 Å². The van der Waals surface area contributed by atoms with Gasteiger partial charge in [0, 0.05) is 6.54 Å². The lowest BCUT2D eigenvalue weighted by Crippen LogP contribution is -2.35. The Morgan fingerprint density at radius 3 is 2.85 bits per heavy atom. The summed E-state index contributed by atoms with van der Waals surface area (Å²) in [4.78, 5) is 14.4. The number of halogens is 2. The first-order valence-corrected chi connectivity index (χ1v) is 8.55. The molecule has 0 fully saturated rings. The van der Waals surface area contributed by atoms with Gasteiger partial charge in [-0.3, -0.25) is 4.79 Å². The second kappa shape index (κ2) is 5.50. The smallest absolute Gasteiger partial charge is 0.260 e. The summed E-state index contributed by atoms with van der Waals surface area (Å²) in [5.41, 5.74) is 2.30. The maximum atomic E-state index is 12.7. The maximum Gasteiger partial charge on any atom is 0.260 e. The minimum atomic E-state index is -0.0822. The Morgan fingerprint density at radius 2 is 2.15 bits per heavy atom. The molecule has 0 saturated carbocycles. The first kappa shape index (κ1) is 14.1. The number of carbonyl (C=O) groups excluding carboxylic acids is 1. The number of carbonyl (C=O) groups is 1. The monoisotopic (exact) mass is 415 g/mol. The van der Waals surface area contributed by atoms with Crippen LogP contribution in [0.2, 0.25) is 0 Å². The van der Waals surface area contributed by atoms with E-state index in [9.17, 15) is 9.90 Å². The van der Waals surface area contributed by atoms with Gasteiger partial charge in [0.25, 0.3) is 5.91 Å². The molecule has 3 nitrogen and oxygen atoms in total. The molecule has 1 aliphatic rings. The molecule has 1 aromatic carbocycles. The number of amides is 1. The molecule has 6 heteroatoms. The van der Waals surface area contributed by atoms with Gasteiger partial charge in [0.1, 0.15) is 5.75 Å². The van der Waals surface area contributed by atoms with Crippen molar-refractivity contribution in [2.75, 3.05) is 11.4 Å². The highest BCUT2D eigenvalue weighted by molar-refractivity contribution is 9.12. The molecule has 0 bridgehead atoms. The highest BCUT2D eigenvalue weighted by Gasteiger charge is 2.28.